The van der Waals surface area contributed by atoms with Gasteiger partial charge in [0.1, 0.15) is 11.4 Å². The van der Waals surface area contributed by atoms with Crippen molar-refractivity contribution in [2.45, 2.75) is 87.8 Å². The van der Waals surface area contributed by atoms with Crippen molar-refractivity contribution in [2.75, 3.05) is 12.3 Å². The average Bonchev–Trinajstić information content (AvgIpc) is 3.58. The molecule has 0 saturated carbocycles. The molecular formula is C33H50N6O2. The van der Waals surface area contributed by atoms with Crippen LogP contribution in [0.15, 0.2) is 60.9 Å². The molecule has 0 aliphatic rings. The number of ether oxygens (including phenoxy) is 1. The van der Waals surface area contributed by atoms with Gasteiger partial charge in [-0.25, -0.2) is 14.8 Å². The number of benzene rings is 2. The highest BCUT2D eigenvalue weighted by Crippen LogP contribution is 2.27. The Morgan fingerprint density at radius 2 is 1.27 bits per heavy atom. The van der Waals surface area contributed by atoms with E-state index in [-0.39, 0.29) is 13.5 Å². The molecule has 2 aromatic carbocycles. The van der Waals surface area contributed by atoms with E-state index >= 15 is 0 Å². The fraction of sp³-hybridized carbons (Fsp3) is 0.424. The number of carbonyl (C=O) groups excluding carboxylic acids is 1. The second-order valence-corrected chi connectivity index (χ2v) is 10.2. The Morgan fingerprint density at radius 1 is 0.829 bits per heavy atom. The normalized spacial score (nSPS) is 10.3. The third-order valence-corrected chi connectivity index (χ3v) is 5.43. The van der Waals surface area contributed by atoms with Gasteiger partial charge in [0.15, 0.2) is 5.95 Å². The number of aromatic nitrogens is 4. The average molecular weight is 563 g/mol. The molecule has 2 heterocycles. The highest BCUT2D eigenvalue weighted by molar-refractivity contribution is 5.72. The molecule has 0 fully saturated rings. The minimum absolute atomic E-state index is 0. The van der Waals surface area contributed by atoms with E-state index in [9.17, 15) is 4.79 Å². The number of imidazole rings is 2. The number of hydrogen-bond donors (Lipinski definition) is 3. The number of nitrogen functional groups attached to an aromatic ring is 1. The summed E-state index contributed by atoms with van der Waals surface area (Å²) in [6, 6.07) is 16.5. The zero-order valence-electron chi connectivity index (χ0n) is 25.3. The lowest BCUT2D eigenvalue weighted by Gasteiger charge is -2.26. The van der Waals surface area contributed by atoms with Crippen LogP contribution in [0.25, 0.3) is 33.6 Å². The van der Waals surface area contributed by atoms with Crippen LogP contribution in [-0.2, 0) is 11.3 Å². The van der Waals surface area contributed by atoms with E-state index in [1.165, 1.54) is 6.42 Å². The second-order valence-electron chi connectivity index (χ2n) is 10.2. The van der Waals surface area contributed by atoms with Gasteiger partial charge in [0.2, 0.25) is 0 Å². The zero-order chi connectivity index (χ0) is 29.7. The topological polar surface area (TPSA) is 113 Å². The maximum Gasteiger partial charge on any atom is 0.410 e. The predicted molar refractivity (Wildman–Crippen MR) is 172 cm³/mol. The molecule has 0 bridgehead atoms. The molecule has 0 spiro atoms. The third kappa shape index (κ3) is 10.8. The molecule has 0 aliphatic heterocycles. The maximum atomic E-state index is 12.6. The van der Waals surface area contributed by atoms with Crippen LogP contribution in [0.5, 0.6) is 0 Å². The zero-order valence-corrected chi connectivity index (χ0v) is 25.3. The third-order valence-electron chi connectivity index (χ3n) is 5.43. The van der Waals surface area contributed by atoms with Crippen molar-refractivity contribution >= 4 is 12.0 Å². The summed E-state index contributed by atoms with van der Waals surface area (Å²) in [6.07, 6.45) is 5.29. The molecule has 0 radical (unpaired) electrons. The van der Waals surface area contributed by atoms with Crippen molar-refractivity contribution in [1.82, 2.24) is 24.8 Å². The number of anilines is 1. The van der Waals surface area contributed by atoms with Crippen LogP contribution in [0.1, 0.15) is 81.5 Å². The van der Waals surface area contributed by atoms with E-state index in [1.807, 2.05) is 53.7 Å². The van der Waals surface area contributed by atoms with Crippen LogP contribution in [0.4, 0.5) is 10.7 Å². The fourth-order valence-electron chi connectivity index (χ4n) is 3.77. The van der Waals surface area contributed by atoms with Crippen LogP contribution in [0.3, 0.4) is 0 Å². The molecule has 2 aromatic heterocycles. The minimum atomic E-state index is -0.535. The van der Waals surface area contributed by atoms with Gasteiger partial charge in [0, 0.05) is 6.54 Å². The SMILES string of the molecule is C.CC.CCC.CCCN(Cc1ncc(-c2ccc(-c3ccc(-c4cnc(N)[nH]4)cc3)cc2)[nH]1)C(=O)OC(C)(C)C. The number of aromatic amines is 2. The quantitative estimate of drug-likeness (QED) is 0.208. The van der Waals surface area contributed by atoms with Crippen LogP contribution >= 0.6 is 0 Å². The Kier molecular flexibility index (Phi) is 14.4. The molecule has 0 saturated heterocycles. The number of rotatable bonds is 7. The summed E-state index contributed by atoms with van der Waals surface area (Å²) in [7, 11) is 0. The van der Waals surface area contributed by atoms with E-state index < -0.39 is 5.60 Å². The lowest BCUT2D eigenvalue weighted by atomic mass is 10.0. The van der Waals surface area contributed by atoms with E-state index in [2.05, 4.69) is 70.2 Å². The lowest BCUT2D eigenvalue weighted by Crippen LogP contribution is -2.37. The van der Waals surface area contributed by atoms with Crippen molar-refractivity contribution in [2.24, 2.45) is 0 Å². The molecule has 0 atom stereocenters. The number of nitrogens with one attached hydrogen (secondary N) is 2. The van der Waals surface area contributed by atoms with Gasteiger partial charge in [0.05, 0.1) is 30.3 Å². The summed E-state index contributed by atoms with van der Waals surface area (Å²) < 4.78 is 5.54. The van der Waals surface area contributed by atoms with Crippen LogP contribution < -0.4 is 5.73 Å². The summed E-state index contributed by atoms with van der Waals surface area (Å²) >= 11 is 0. The molecule has 4 N–H and O–H groups in total. The molecule has 8 heteroatoms. The van der Waals surface area contributed by atoms with Gasteiger partial charge < -0.3 is 25.3 Å². The Balaban J connectivity index is 0.00000131. The van der Waals surface area contributed by atoms with Gasteiger partial charge in [-0.05, 0) is 49.4 Å². The molecule has 224 valence electrons. The van der Waals surface area contributed by atoms with Crippen LogP contribution in [0, 0.1) is 0 Å². The van der Waals surface area contributed by atoms with Crippen molar-refractivity contribution in [3.8, 4) is 33.6 Å². The van der Waals surface area contributed by atoms with E-state index in [1.54, 1.807) is 17.3 Å². The van der Waals surface area contributed by atoms with Crippen molar-refractivity contribution in [3.63, 3.8) is 0 Å². The summed E-state index contributed by atoms with van der Waals surface area (Å²) in [5, 5.41) is 0. The molecule has 0 unspecified atom stereocenters. The van der Waals surface area contributed by atoms with E-state index in [0.29, 0.717) is 19.0 Å². The van der Waals surface area contributed by atoms with Gasteiger partial charge >= 0.3 is 6.09 Å². The summed E-state index contributed by atoms with van der Waals surface area (Å²) in [4.78, 5) is 29.2. The molecule has 8 nitrogen and oxygen atoms in total. The lowest BCUT2D eigenvalue weighted by molar-refractivity contribution is 0.0229. The Labute approximate surface area is 246 Å². The Morgan fingerprint density at radius 3 is 1.68 bits per heavy atom. The first-order chi connectivity index (χ1) is 19.1. The number of carbonyl (C=O) groups is 1. The number of H-pyrrole nitrogens is 2. The highest BCUT2D eigenvalue weighted by Gasteiger charge is 2.22. The van der Waals surface area contributed by atoms with E-state index in [0.717, 1.165) is 45.9 Å². The predicted octanol–water partition coefficient (Wildman–Crippen LogP) is 8.94. The number of amides is 1. The first-order valence-electron chi connectivity index (χ1n) is 14.2. The second kappa shape index (κ2) is 16.9. The van der Waals surface area contributed by atoms with Crippen molar-refractivity contribution in [3.05, 3.63) is 66.7 Å². The summed E-state index contributed by atoms with van der Waals surface area (Å²) in [6.45, 7) is 16.9. The summed E-state index contributed by atoms with van der Waals surface area (Å²) in [5.74, 6) is 1.13. The van der Waals surface area contributed by atoms with Crippen LogP contribution in [0.2, 0.25) is 0 Å². The Hall–Kier alpha value is -4.07. The molecule has 1 amide bonds. The summed E-state index contributed by atoms with van der Waals surface area (Å²) in [5.41, 5.74) is 11.2. The van der Waals surface area contributed by atoms with Gasteiger partial charge in [-0.15, -0.1) is 0 Å². The fourth-order valence-corrected chi connectivity index (χ4v) is 3.77. The molecule has 41 heavy (non-hydrogen) atoms. The van der Waals surface area contributed by atoms with E-state index in [4.69, 9.17) is 10.5 Å². The first kappa shape index (κ1) is 35.0. The maximum absolute atomic E-state index is 12.6. The largest absolute Gasteiger partial charge is 0.444 e. The van der Waals surface area contributed by atoms with Crippen molar-refractivity contribution < 1.29 is 9.53 Å². The van der Waals surface area contributed by atoms with Gasteiger partial charge in [-0.2, -0.15) is 0 Å². The molecular weight excluding hydrogens is 512 g/mol. The first-order valence-corrected chi connectivity index (χ1v) is 14.2. The van der Waals surface area contributed by atoms with Crippen molar-refractivity contribution in [1.29, 1.82) is 0 Å². The number of nitrogens with zero attached hydrogens (tertiary/aromatic N) is 3. The highest BCUT2D eigenvalue weighted by atomic mass is 16.6. The van der Waals surface area contributed by atoms with Gasteiger partial charge in [0.25, 0.3) is 0 Å². The number of hydrogen-bond acceptors (Lipinski definition) is 5. The number of nitrogens with two attached hydrogens (primary N) is 1. The molecule has 4 rings (SSSR count). The standard InChI is InChI=1S/C27H32N6O2.C3H8.C2H6.CH4/c1-5-14-33(26(34)35-27(2,3)4)17-24-29-15-22(31-24)20-10-6-18(7-11-20)19-8-12-21(13-9-19)23-16-30-25(28)32-23;1-3-2;1-2;/h6-13,15-16H,5,14,17H2,1-4H3,(H,29,31)(H3,28,30,32);3H2,1-2H3;1-2H3;1H4. The monoisotopic (exact) mass is 562 g/mol. The molecule has 4 aromatic rings. The van der Waals surface area contributed by atoms with Crippen LogP contribution in [-0.4, -0.2) is 43.1 Å². The molecule has 0 aliphatic carbocycles. The van der Waals surface area contributed by atoms with Gasteiger partial charge in [-0.1, -0.05) is 97.0 Å². The minimum Gasteiger partial charge on any atom is -0.444 e. The van der Waals surface area contributed by atoms with Gasteiger partial charge in [-0.3, -0.25) is 0 Å². The Bertz CT molecular complexity index is 1280. The smallest absolute Gasteiger partial charge is 0.410 e.